The fraction of sp³-hybridized carbons (Fsp3) is 0.263. The zero-order valence-electron chi connectivity index (χ0n) is 14.2. The van der Waals surface area contributed by atoms with Crippen LogP contribution in [0.15, 0.2) is 42.5 Å². The van der Waals surface area contributed by atoms with Crippen molar-refractivity contribution in [2.24, 2.45) is 0 Å². The Labute approximate surface area is 161 Å². The van der Waals surface area contributed by atoms with E-state index in [0.717, 1.165) is 11.1 Å². The number of carbonyl (C=O) groups excluding carboxylic acids is 1. The SMILES string of the molecule is COc1ccc(Cl)cc1C(=O)NCCc1ccc(CC(Cl)C(=O)O)cc1. The lowest BCUT2D eigenvalue weighted by Gasteiger charge is -2.10. The maximum atomic E-state index is 12.3. The third-order valence-electron chi connectivity index (χ3n) is 3.81. The van der Waals surface area contributed by atoms with Gasteiger partial charge in [-0.1, -0.05) is 35.9 Å². The van der Waals surface area contributed by atoms with E-state index in [2.05, 4.69) is 5.32 Å². The summed E-state index contributed by atoms with van der Waals surface area (Å²) < 4.78 is 5.18. The summed E-state index contributed by atoms with van der Waals surface area (Å²) in [4.78, 5) is 23.1. The smallest absolute Gasteiger partial charge is 0.321 e. The summed E-state index contributed by atoms with van der Waals surface area (Å²) in [6, 6.07) is 12.4. The van der Waals surface area contributed by atoms with Crippen LogP contribution in [-0.4, -0.2) is 36.0 Å². The van der Waals surface area contributed by atoms with Crippen molar-refractivity contribution in [2.45, 2.75) is 18.2 Å². The molecule has 0 aliphatic carbocycles. The van der Waals surface area contributed by atoms with Gasteiger partial charge in [0.05, 0.1) is 12.7 Å². The molecule has 0 aliphatic heterocycles. The van der Waals surface area contributed by atoms with Gasteiger partial charge in [-0.3, -0.25) is 9.59 Å². The van der Waals surface area contributed by atoms with Gasteiger partial charge in [0.1, 0.15) is 11.1 Å². The zero-order chi connectivity index (χ0) is 19.1. The van der Waals surface area contributed by atoms with E-state index in [1.807, 2.05) is 24.3 Å². The predicted octanol–water partition coefficient (Wildman–Crippen LogP) is 3.56. The molecule has 7 heteroatoms. The highest BCUT2D eigenvalue weighted by Gasteiger charge is 2.14. The maximum absolute atomic E-state index is 12.3. The average Bonchev–Trinajstić information content (AvgIpc) is 2.62. The Balaban J connectivity index is 1.89. The normalized spacial score (nSPS) is 11.7. The second kappa shape index (κ2) is 9.46. The third-order valence-corrected chi connectivity index (χ3v) is 4.39. The predicted molar refractivity (Wildman–Crippen MR) is 101 cm³/mol. The fourth-order valence-corrected chi connectivity index (χ4v) is 2.76. The minimum Gasteiger partial charge on any atom is -0.496 e. The number of halogens is 2. The van der Waals surface area contributed by atoms with Crippen molar-refractivity contribution in [3.63, 3.8) is 0 Å². The van der Waals surface area contributed by atoms with Crippen LogP contribution >= 0.6 is 23.2 Å². The highest BCUT2D eigenvalue weighted by molar-refractivity contribution is 6.31. The second-order valence-corrected chi connectivity index (χ2v) is 6.64. The van der Waals surface area contributed by atoms with E-state index in [0.29, 0.717) is 29.3 Å². The number of rotatable bonds is 8. The van der Waals surface area contributed by atoms with E-state index in [1.54, 1.807) is 18.2 Å². The molecule has 2 aromatic carbocycles. The number of amides is 1. The van der Waals surface area contributed by atoms with Crippen LogP contribution in [-0.2, 0) is 17.6 Å². The Kier molecular flexibility index (Phi) is 7.30. The number of nitrogens with one attached hydrogen (secondary N) is 1. The van der Waals surface area contributed by atoms with Crippen molar-refractivity contribution in [1.82, 2.24) is 5.32 Å². The zero-order valence-corrected chi connectivity index (χ0v) is 15.7. The van der Waals surface area contributed by atoms with Crippen molar-refractivity contribution in [2.75, 3.05) is 13.7 Å². The summed E-state index contributed by atoms with van der Waals surface area (Å²) in [6.45, 7) is 0.446. The van der Waals surface area contributed by atoms with E-state index in [-0.39, 0.29) is 12.3 Å². The van der Waals surface area contributed by atoms with Crippen LogP contribution in [0.2, 0.25) is 5.02 Å². The highest BCUT2D eigenvalue weighted by atomic mass is 35.5. The molecular formula is C19H19Cl2NO4. The van der Waals surface area contributed by atoms with Crippen LogP contribution in [0, 0.1) is 0 Å². The minimum absolute atomic E-state index is 0.257. The molecule has 1 atom stereocenters. The van der Waals surface area contributed by atoms with Gasteiger partial charge in [-0.2, -0.15) is 0 Å². The number of methoxy groups -OCH3 is 1. The van der Waals surface area contributed by atoms with Crippen LogP contribution < -0.4 is 10.1 Å². The molecule has 2 N–H and O–H groups in total. The summed E-state index contributed by atoms with van der Waals surface area (Å²) >= 11 is 11.7. The van der Waals surface area contributed by atoms with E-state index in [9.17, 15) is 9.59 Å². The van der Waals surface area contributed by atoms with Gasteiger partial charge in [0.2, 0.25) is 0 Å². The number of hydrogen-bond acceptors (Lipinski definition) is 3. The highest BCUT2D eigenvalue weighted by Crippen LogP contribution is 2.22. The molecule has 1 unspecified atom stereocenters. The Hall–Kier alpha value is -2.24. The van der Waals surface area contributed by atoms with Crippen LogP contribution in [0.4, 0.5) is 0 Å². The van der Waals surface area contributed by atoms with Gasteiger partial charge in [0, 0.05) is 11.6 Å². The number of aliphatic carboxylic acids is 1. The van der Waals surface area contributed by atoms with Crippen molar-refractivity contribution >= 4 is 35.1 Å². The van der Waals surface area contributed by atoms with Crippen molar-refractivity contribution < 1.29 is 19.4 Å². The number of alkyl halides is 1. The second-order valence-electron chi connectivity index (χ2n) is 5.68. The maximum Gasteiger partial charge on any atom is 0.321 e. The first-order valence-electron chi connectivity index (χ1n) is 7.97. The Morgan fingerprint density at radius 1 is 1.15 bits per heavy atom. The number of ether oxygens (including phenoxy) is 1. The number of carboxylic acid groups (broad SMARTS) is 1. The molecule has 1 amide bonds. The lowest BCUT2D eigenvalue weighted by molar-refractivity contribution is -0.136. The molecule has 2 aromatic rings. The minimum atomic E-state index is -1.03. The van der Waals surface area contributed by atoms with Crippen LogP contribution in [0.1, 0.15) is 21.5 Å². The standard InChI is InChI=1S/C19H19Cl2NO4/c1-26-17-7-6-14(20)11-15(17)18(23)22-9-8-12-2-4-13(5-3-12)10-16(21)19(24)25/h2-7,11,16H,8-10H2,1H3,(H,22,23)(H,24,25). The Morgan fingerprint density at radius 2 is 1.81 bits per heavy atom. The molecule has 26 heavy (non-hydrogen) atoms. The summed E-state index contributed by atoms with van der Waals surface area (Å²) in [7, 11) is 1.50. The molecule has 0 saturated heterocycles. The molecule has 5 nitrogen and oxygen atoms in total. The monoisotopic (exact) mass is 395 g/mol. The fourth-order valence-electron chi connectivity index (χ4n) is 2.41. The van der Waals surface area contributed by atoms with Gasteiger partial charge < -0.3 is 15.2 Å². The van der Waals surface area contributed by atoms with E-state index < -0.39 is 11.3 Å². The lowest BCUT2D eigenvalue weighted by Crippen LogP contribution is -2.26. The van der Waals surface area contributed by atoms with Gasteiger partial charge >= 0.3 is 5.97 Å². The molecule has 0 fully saturated rings. The van der Waals surface area contributed by atoms with Crippen LogP contribution in [0.5, 0.6) is 5.75 Å². The van der Waals surface area contributed by atoms with Crippen molar-refractivity contribution in [1.29, 1.82) is 0 Å². The quantitative estimate of drug-likeness (QED) is 0.670. The van der Waals surface area contributed by atoms with Gasteiger partial charge in [-0.05, 0) is 42.2 Å². The topological polar surface area (TPSA) is 75.6 Å². The molecule has 0 bridgehead atoms. The average molecular weight is 396 g/mol. The van der Waals surface area contributed by atoms with Crippen LogP contribution in [0.25, 0.3) is 0 Å². The molecule has 2 rings (SSSR count). The van der Waals surface area contributed by atoms with Crippen molar-refractivity contribution in [3.05, 3.63) is 64.2 Å². The van der Waals surface area contributed by atoms with Gasteiger partial charge in [0.25, 0.3) is 5.91 Å². The van der Waals surface area contributed by atoms with Gasteiger partial charge in [-0.15, -0.1) is 11.6 Å². The molecule has 0 aliphatic rings. The number of carbonyl (C=O) groups is 2. The van der Waals surface area contributed by atoms with E-state index >= 15 is 0 Å². The van der Waals surface area contributed by atoms with E-state index in [4.69, 9.17) is 33.0 Å². The summed E-state index contributed by atoms with van der Waals surface area (Å²) in [5, 5.41) is 11.2. The number of carboxylic acids is 1. The van der Waals surface area contributed by atoms with E-state index in [1.165, 1.54) is 7.11 Å². The first-order valence-corrected chi connectivity index (χ1v) is 8.78. The molecule has 0 saturated carbocycles. The molecule has 0 spiro atoms. The summed E-state index contributed by atoms with van der Waals surface area (Å²) in [5.74, 6) is -0.826. The van der Waals surface area contributed by atoms with Gasteiger partial charge in [0.15, 0.2) is 0 Å². The Bertz CT molecular complexity index is 778. The largest absolute Gasteiger partial charge is 0.496 e. The first-order chi connectivity index (χ1) is 12.4. The van der Waals surface area contributed by atoms with Crippen molar-refractivity contribution in [3.8, 4) is 5.75 Å². The molecule has 0 heterocycles. The number of hydrogen-bond donors (Lipinski definition) is 2. The first kappa shape index (κ1) is 20.1. The Morgan fingerprint density at radius 3 is 2.42 bits per heavy atom. The molecule has 138 valence electrons. The lowest BCUT2D eigenvalue weighted by atomic mass is 10.1. The summed E-state index contributed by atoms with van der Waals surface area (Å²) in [5.41, 5.74) is 2.26. The van der Waals surface area contributed by atoms with Gasteiger partial charge in [-0.25, -0.2) is 0 Å². The summed E-state index contributed by atoms with van der Waals surface area (Å²) in [6.07, 6.45) is 0.903. The molecule has 0 aromatic heterocycles. The molecular weight excluding hydrogens is 377 g/mol. The van der Waals surface area contributed by atoms with Crippen LogP contribution in [0.3, 0.4) is 0 Å². The third kappa shape index (κ3) is 5.64. The number of benzene rings is 2. The molecule has 0 radical (unpaired) electrons.